The molecule has 5 heteroatoms. The number of phenolic OH excluding ortho intramolecular Hbond substituents is 1. The lowest BCUT2D eigenvalue weighted by Crippen LogP contribution is -2.17. The van der Waals surface area contributed by atoms with E-state index in [4.69, 9.17) is 9.72 Å². The van der Waals surface area contributed by atoms with E-state index in [-0.39, 0.29) is 17.4 Å². The van der Waals surface area contributed by atoms with E-state index in [2.05, 4.69) is 64.7 Å². The number of hydrogen-bond acceptors (Lipinski definition) is 4. The zero-order valence-corrected chi connectivity index (χ0v) is 22.1. The van der Waals surface area contributed by atoms with Gasteiger partial charge in [0.05, 0.1) is 24.8 Å². The summed E-state index contributed by atoms with van der Waals surface area (Å²) in [4.78, 5) is 8.71. The molecular weight excluding hydrogens is 448 g/mol. The molecule has 3 N–H and O–H groups in total. The largest absolute Gasteiger partial charge is 0.507 e. The minimum Gasteiger partial charge on any atom is -0.507 e. The molecule has 5 aromatic rings. The summed E-state index contributed by atoms with van der Waals surface area (Å²) in [6.45, 7) is 12.7. The van der Waals surface area contributed by atoms with Crippen molar-refractivity contribution >= 4 is 32.6 Å². The van der Waals surface area contributed by atoms with Crippen LogP contribution < -0.4 is 4.74 Å². The Morgan fingerprint density at radius 3 is 2.00 bits per heavy atom. The molecule has 4 aromatic carbocycles. The molecule has 0 bridgehead atoms. The normalized spacial score (nSPS) is 12.7. The fourth-order valence-corrected chi connectivity index (χ4v) is 5.02. The second-order valence-corrected chi connectivity index (χ2v) is 11.7. The van der Waals surface area contributed by atoms with E-state index in [0.29, 0.717) is 5.75 Å². The van der Waals surface area contributed by atoms with Crippen molar-refractivity contribution in [2.45, 2.75) is 59.0 Å². The molecule has 0 radical (unpaired) electrons. The number of phenols is 1. The van der Waals surface area contributed by atoms with Crippen LogP contribution in [0.3, 0.4) is 0 Å². The van der Waals surface area contributed by atoms with Gasteiger partial charge in [-0.25, -0.2) is 4.98 Å². The topological polar surface area (TPSA) is 78.4 Å². The number of hydrogen-bond donors (Lipinski definition) is 3. The summed E-state index contributed by atoms with van der Waals surface area (Å²) < 4.78 is 5.52. The molecule has 0 amide bonds. The van der Waals surface area contributed by atoms with Crippen molar-refractivity contribution in [2.75, 3.05) is 7.11 Å². The molecule has 1 aromatic heterocycles. The Labute approximate surface area is 211 Å². The first kappa shape index (κ1) is 24.1. The number of aromatic hydroxyl groups is 1. The molecule has 0 aliphatic carbocycles. The van der Waals surface area contributed by atoms with Gasteiger partial charge < -0.3 is 19.9 Å². The van der Waals surface area contributed by atoms with E-state index in [9.17, 15) is 10.2 Å². The summed E-state index contributed by atoms with van der Waals surface area (Å²) in [5.74, 6) is 1.90. The third-order valence-corrected chi connectivity index (χ3v) is 7.01. The van der Waals surface area contributed by atoms with E-state index in [1.54, 1.807) is 7.11 Å². The van der Waals surface area contributed by atoms with Gasteiger partial charge in [-0.15, -0.1) is 0 Å². The van der Waals surface area contributed by atoms with Crippen LogP contribution in [0.2, 0.25) is 0 Å². The van der Waals surface area contributed by atoms with Gasteiger partial charge in [-0.05, 0) is 63.6 Å². The van der Waals surface area contributed by atoms with Crippen LogP contribution in [-0.2, 0) is 17.4 Å². The van der Waals surface area contributed by atoms with Gasteiger partial charge in [0.15, 0.2) is 0 Å². The Morgan fingerprint density at radius 2 is 1.42 bits per heavy atom. The van der Waals surface area contributed by atoms with Crippen molar-refractivity contribution in [3.63, 3.8) is 0 Å². The molecule has 36 heavy (non-hydrogen) atoms. The molecule has 1 heterocycles. The Balaban J connectivity index is 1.87. The third-order valence-electron chi connectivity index (χ3n) is 7.01. The molecule has 0 saturated carbocycles. The number of aromatic nitrogens is 2. The molecule has 5 nitrogen and oxygen atoms in total. The Bertz CT molecular complexity index is 1520. The quantitative estimate of drug-likeness (QED) is 0.235. The number of methoxy groups -OCH3 is 1. The highest BCUT2D eigenvalue weighted by atomic mass is 16.5. The summed E-state index contributed by atoms with van der Waals surface area (Å²) in [5, 5.41) is 25.1. The summed E-state index contributed by atoms with van der Waals surface area (Å²) >= 11 is 0. The van der Waals surface area contributed by atoms with E-state index in [1.165, 1.54) is 0 Å². The number of benzene rings is 4. The number of imidazole rings is 1. The van der Waals surface area contributed by atoms with Gasteiger partial charge >= 0.3 is 0 Å². The highest BCUT2D eigenvalue weighted by Gasteiger charge is 2.27. The van der Waals surface area contributed by atoms with Crippen LogP contribution >= 0.6 is 0 Å². The third kappa shape index (κ3) is 3.88. The van der Waals surface area contributed by atoms with Crippen molar-refractivity contribution in [1.82, 2.24) is 9.97 Å². The van der Waals surface area contributed by atoms with E-state index >= 15 is 0 Å². The molecule has 5 rings (SSSR count). The molecule has 0 aliphatic heterocycles. The lowest BCUT2D eigenvalue weighted by Gasteiger charge is -2.28. The molecule has 186 valence electrons. The summed E-state index contributed by atoms with van der Waals surface area (Å²) in [6.07, 6.45) is 0. The Kier molecular flexibility index (Phi) is 5.53. The van der Waals surface area contributed by atoms with Gasteiger partial charge in [0.25, 0.3) is 0 Å². The maximum absolute atomic E-state index is 11.2. The van der Waals surface area contributed by atoms with Crippen molar-refractivity contribution in [2.24, 2.45) is 0 Å². The van der Waals surface area contributed by atoms with Crippen LogP contribution in [0, 0.1) is 0 Å². The second kappa shape index (κ2) is 8.24. The Hall–Kier alpha value is -3.57. The number of aromatic amines is 1. The molecule has 0 aliphatic rings. The van der Waals surface area contributed by atoms with Crippen molar-refractivity contribution in [3.8, 4) is 22.9 Å². The first-order valence-electron chi connectivity index (χ1n) is 12.3. The van der Waals surface area contributed by atoms with Crippen LogP contribution in [0.5, 0.6) is 11.5 Å². The van der Waals surface area contributed by atoms with Gasteiger partial charge in [0.1, 0.15) is 17.3 Å². The van der Waals surface area contributed by atoms with Crippen molar-refractivity contribution in [1.29, 1.82) is 0 Å². The number of fused-ring (bicyclic) bond motifs is 6. The zero-order chi connectivity index (χ0) is 26.0. The maximum atomic E-state index is 11.2. The predicted molar refractivity (Wildman–Crippen MR) is 148 cm³/mol. The van der Waals surface area contributed by atoms with Gasteiger partial charge in [-0.3, -0.25) is 0 Å². The molecular formula is C31H34N2O3. The standard InChI is InChI=1S/C31H34N2O3/c1-30(2,3)24-13-18(14-25(28(24)35)31(4,5)6)29-32-26-20-10-8-17(16-34)12-22(20)23-15-19(36-7)9-11-21(23)27(26)33-29/h8-15,34-35H,16H2,1-7H3,(H,32,33). The number of rotatable bonds is 3. The van der Waals surface area contributed by atoms with Crippen LogP contribution in [0.1, 0.15) is 58.2 Å². The fourth-order valence-electron chi connectivity index (χ4n) is 5.02. The second-order valence-electron chi connectivity index (χ2n) is 11.7. The van der Waals surface area contributed by atoms with Crippen LogP contribution in [0.4, 0.5) is 0 Å². The molecule has 0 spiro atoms. The number of ether oxygens (including phenoxy) is 1. The van der Waals surface area contributed by atoms with E-state index in [0.717, 1.165) is 66.4 Å². The molecule has 0 atom stereocenters. The predicted octanol–water partition coefficient (Wildman–Crippen LogP) is 7.34. The monoisotopic (exact) mass is 482 g/mol. The fraction of sp³-hybridized carbons (Fsp3) is 0.323. The van der Waals surface area contributed by atoms with E-state index < -0.39 is 0 Å². The van der Waals surface area contributed by atoms with Crippen molar-refractivity contribution in [3.05, 3.63) is 65.2 Å². The average molecular weight is 483 g/mol. The lowest BCUT2D eigenvalue weighted by molar-refractivity contribution is 0.282. The zero-order valence-electron chi connectivity index (χ0n) is 22.1. The minimum atomic E-state index is -0.233. The number of aliphatic hydroxyl groups is 1. The molecule has 0 saturated heterocycles. The van der Waals surface area contributed by atoms with Gasteiger partial charge in [0, 0.05) is 27.5 Å². The van der Waals surface area contributed by atoms with Crippen LogP contribution in [0.25, 0.3) is 44.0 Å². The Morgan fingerprint density at radius 1 is 0.806 bits per heavy atom. The van der Waals surface area contributed by atoms with Gasteiger partial charge in [-0.2, -0.15) is 0 Å². The first-order valence-corrected chi connectivity index (χ1v) is 12.3. The first-order chi connectivity index (χ1) is 16.9. The smallest absolute Gasteiger partial charge is 0.138 e. The summed E-state index contributed by atoms with van der Waals surface area (Å²) in [5.41, 5.74) is 4.96. The highest BCUT2D eigenvalue weighted by Crippen LogP contribution is 2.43. The number of aliphatic hydroxyl groups excluding tert-OH is 1. The van der Waals surface area contributed by atoms with Crippen LogP contribution in [-0.4, -0.2) is 27.3 Å². The molecule has 0 unspecified atom stereocenters. The lowest BCUT2D eigenvalue weighted by atomic mass is 9.78. The molecule has 0 fully saturated rings. The minimum absolute atomic E-state index is 0.0239. The number of nitrogens with one attached hydrogen (secondary N) is 1. The van der Waals surface area contributed by atoms with Gasteiger partial charge in [0.2, 0.25) is 0 Å². The maximum Gasteiger partial charge on any atom is 0.138 e. The van der Waals surface area contributed by atoms with Gasteiger partial charge in [-0.1, -0.05) is 53.7 Å². The average Bonchev–Trinajstić information content (AvgIpc) is 3.28. The SMILES string of the molecule is COc1ccc2c(c1)c1cc(CO)ccc1c1nc(-c3cc(C(C)(C)C)c(O)c(C(C)(C)C)c3)[nH]c21. The van der Waals surface area contributed by atoms with Crippen molar-refractivity contribution < 1.29 is 14.9 Å². The number of nitrogens with zero attached hydrogens (tertiary/aromatic N) is 1. The summed E-state index contributed by atoms with van der Waals surface area (Å²) in [6, 6.07) is 16.2. The summed E-state index contributed by atoms with van der Waals surface area (Å²) in [7, 11) is 1.67. The van der Waals surface area contributed by atoms with Crippen LogP contribution in [0.15, 0.2) is 48.5 Å². The highest BCUT2D eigenvalue weighted by molar-refractivity contribution is 6.24. The van der Waals surface area contributed by atoms with E-state index in [1.807, 2.05) is 30.3 Å². The number of H-pyrrole nitrogens is 1.